The number of hydrogen-bond donors (Lipinski definition) is 1. The van der Waals surface area contributed by atoms with E-state index in [4.69, 9.17) is 22.1 Å². The van der Waals surface area contributed by atoms with Crippen LogP contribution in [0.2, 0.25) is 5.02 Å². The Morgan fingerprint density at radius 1 is 1.38 bits per heavy atom. The summed E-state index contributed by atoms with van der Waals surface area (Å²) < 4.78 is 0. The van der Waals surface area contributed by atoms with Crippen molar-refractivity contribution in [2.45, 2.75) is 0 Å². The number of nitrogens with one attached hydrogen (secondary N) is 1. The Kier molecular flexibility index (Phi) is 3.14. The lowest BCUT2D eigenvalue weighted by Crippen LogP contribution is -1.97. The largest absolute Gasteiger partial charge is 0.372 e. The maximum Gasteiger partial charge on any atom is 0.103 e. The zero-order chi connectivity index (χ0) is 9.68. The molecule has 0 radical (unpaired) electrons. The fourth-order valence-corrected chi connectivity index (χ4v) is 1.08. The summed E-state index contributed by atoms with van der Waals surface area (Å²) in [5.74, 6) is 0. The van der Waals surface area contributed by atoms with Crippen molar-refractivity contribution in [2.24, 2.45) is 0 Å². The van der Waals surface area contributed by atoms with Gasteiger partial charge in [-0.15, -0.1) is 0 Å². The first kappa shape index (κ1) is 9.38. The van der Waals surface area contributed by atoms with Gasteiger partial charge in [0.2, 0.25) is 0 Å². The van der Waals surface area contributed by atoms with Gasteiger partial charge in [0.05, 0.1) is 16.7 Å². The van der Waals surface area contributed by atoms with Crippen LogP contribution in [0, 0.1) is 22.7 Å². The molecule has 0 aliphatic heterocycles. The lowest BCUT2D eigenvalue weighted by atomic mass is 10.2. The highest BCUT2D eigenvalue weighted by Crippen LogP contribution is 2.19. The molecule has 13 heavy (non-hydrogen) atoms. The van der Waals surface area contributed by atoms with E-state index in [2.05, 4.69) is 5.32 Å². The molecule has 0 unspecified atom stereocenters. The first-order chi connectivity index (χ1) is 6.27. The van der Waals surface area contributed by atoms with Crippen molar-refractivity contribution in [3.05, 3.63) is 28.8 Å². The molecule has 0 spiro atoms. The Hall–Kier alpha value is -1.71. The van der Waals surface area contributed by atoms with Crippen molar-refractivity contribution in [1.29, 1.82) is 10.5 Å². The zero-order valence-electron chi connectivity index (χ0n) is 6.71. The molecule has 0 bridgehead atoms. The predicted molar refractivity (Wildman–Crippen MR) is 50.3 cm³/mol. The Morgan fingerprint density at radius 2 is 2.15 bits per heavy atom. The Morgan fingerprint density at radius 3 is 2.69 bits per heavy atom. The lowest BCUT2D eigenvalue weighted by molar-refractivity contribution is 1.31. The van der Waals surface area contributed by atoms with Gasteiger partial charge < -0.3 is 5.32 Å². The van der Waals surface area contributed by atoms with Gasteiger partial charge in [0.15, 0.2) is 0 Å². The molecule has 1 aromatic rings. The predicted octanol–water partition coefficient (Wildman–Crippen LogP) is 2.15. The normalized spacial score (nSPS) is 8.54. The number of hydrogen-bond acceptors (Lipinski definition) is 3. The molecule has 0 amide bonds. The average Bonchev–Trinajstić information content (AvgIpc) is 2.15. The summed E-state index contributed by atoms with van der Waals surface area (Å²) in [6, 6.07) is 8.84. The number of nitriles is 2. The summed E-state index contributed by atoms with van der Waals surface area (Å²) in [5.41, 5.74) is 1.18. The van der Waals surface area contributed by atoms with Gasteiger partial charge in [0, 0.05) is 5.69 Å². The Bertz CT molecular complexity index is 387. The number of anilines is 1. The van der Waals surface area contributed by atoms with Gasteiger partial charge in [-0.25, -0.2) is 0 Å². The Balaban J connectivity index is 2.86. The van der Waals surface area contributed by atoms with E-state index in [0.717, 1.165) is 5.69 Å². The van der Waals surface area contributed by atoms with Crippen molar-refractivity contribution in [2.75, 3.05) is 11.9 Å². The van der Waals surface area contributed by atoms with Crippen LogP contribution in [0.1, 0.15) is 5.56 Å². The van der Waals surface area contributed by atoms with Gasteiger partial charge in [-0.05, 0) is 18.2 Å². The first-order valence-corrected chi connectivity index (χ1v) is 3.96. The van der Waals surface area contributed by atoms with Crippen molar-refractivity contribution in [3.63, 3.8) is 0 Å². The molecular weight excluding hydrogens is 186 g/mol. The highest BCUT2D eigenvalue weighted by atomic mass is 35.5. The van der Waals surface area contributed by atoms with Crippen LogP contribution in [0.5, 0.6) is 0 Å². The summed E-state index contributed by atoms with van der Waals surface area (Å²) in [5, 5.41) is 20.1. The van der Waals surface area contributed by atoms with Crippen molar-refractivity contribution < 1.29 is 0 Å². The van der Waals surface area contributed by atoms with Crippen LogP contribution in [0.3, 0.4) is 0 Å². The molecule has 0 aliphatic rings. The van der Waals surface area contributed by atoms with Crippen molar-refractivity contribution >= 4 is 17.3 Å². The van der Waals surface area contributed by atoms with E-state index in [1.165, 1.54) is 0 Å². The van der Waals surface area contributed by atoms with Crippen molar-refractivity contribution in [3.8, 4) is 12.1 Å². The SMILES string of the molecule is N#CCNc1ccc(C#N)c(Cl)c1. The van der Waals surface area contributed by atoms with E-state index in [1.807, 2.05) is 12.1 Å². The third kappa shape index (κ3) is 2.37. The summed E-state index contributed by atoms with van der Waals surface area (Å²) in [6.07, 6.45) is 0. The molecule has 64 valence electrons. The summed E-state index contributed by atoms with van der Waals surface area (Å²) in [6.45, 7) is 0.224. The molecule has 0 aromatic heterocycles. The molecule has 0 saturated heterocycles. The van der Waals surface area contributed by atoms with Gasteiger partial charge in [0.1, 0.15) is 12.6 Å². The minimum Gasteiger partial charge on any atom is -0.372 e. The number of halogens is 1. The summed E-state index contributed by atoms with van der Waals surface area (Å²) in [7, 11) is 0. The third-order valence-corrected chi connectivity index (χ3v) is 1.77. The zero-order valence-corrected chi connectivity index (χ0v) is 7.47. The van der Waals surface area contributed by atoms with Crippen LogP contribution in [0.25, 0.3) is 0 Å². The minimum atomic E-state index is 0.224. The van der Waals surface area contributed by atoms with E-state index < -0.39 is 0 Å². The summed E-state index contributed by atoms with van der Waals surface area (Å²) in [4.78, 5) is 0. The van der Waals surface area contributed by atoms with E-state index in [1.54, 1.807) is 18.2 Å². The van der Waals surface area contributed by atoms with E-state index in [9.17, 15) is 0 Å². The second-order valence-corrected chi connectivity index (χ2v) is 2.73. The highest BCUT2D eigenvalue weighted by molar-refractivity contribution is 6.32. The molecule has 0 aliphatic carbocycles. The minimum absolute atomic E-state index is 0.224. The average molecular weight is 192 g/mol. The van der Waals surface area contributed by atoms with Crippen molar-refractivity contribution in [1.82, 2.24) is 0 Å². The van der Waals surface area contributed by atoms with Crippen LogP contribution in [-0.4, -0.2) is 6.54 Å². The molecule has 1 N–H and O–H groups in total. The van der Waals surface area contributed by atoms with Gasteiger partial charge in [-0.3, -0.25) is 0 Å². The van der Waals surface area contributed by atoms with E-state index >= 15 is 0 Å². The molecule has 0 saturated carbocycles. The van der Waals surface area contributed by atoms with E-state index in [0.29, 0.717) is 10.6 Å². The van der Waals surface area contributed by atoms with Gasteiger partial charge in [-0.1, -0.05) is 11.6 Å². The maximum absolute atomic E-state index is 8.58. The van der Waals surface area contributed by atoms with Crippen LogP contribution in [-0.2, 0) is 0 Å². The van der Waals surface area contributed by atoms with Gasteiger partial charge >= 0.3 is 0 Å². The number of benzene rings is 1. The molecule has 4 heteroatoms. The van der Waals surface area contributed by atoms with Crippen LogP contribution in [0.15, 0.2) is 18.2 Å². The standard InChI is InChI=1S/C9H6ClN3/c10-9-5-8(13-4-3-11)2-1-7(9)6-12/h1-2,5,13H,4H2. The fraction of sp³-hybridized carbons (Fsp3) is 0.111. The maximum atomic E-state index is 8.58. The Labute approximate surface area is 81.2 Å². The highest BCUT2D eigenvalue weighted by Gasteiger charge is 1.99. The smallest absolute Gasteiger partial charge is 0.103 e. The fourth-order valence-electron chi connectivity index (χ4n) is 0.857. The quantitative estimate of drug-likeness (QED) is 0.729. The van der Waals surface area contributed by atoms with Gasteiger partial charge in [0.25, 0.3) is 0 Å². The molecule has 0 atom stereocenters. The second kappa shape index (κ2) is 4.35. The monoisotopic (exact) mass is 191 g/mol. The number of nitrogens with zero attached hydrogens (tertiary/aromatic N) is 2. The molecule has 1 aromatic carbocycles. The second-order valence-electron chi connectivity index (χ2n) is 2.32. The lowest BCUT2D eigenvalue weighted by Gasteiger charge is -2.02. The van der Waals surface area contributed by atoms with Crippen LogP contribution < -0.4 is 5.32 Å². The van der Waals surface area contributed by atoms with E-state index in [-0.39, 0.29) is 6.54 Å². The molecular formula is C9H6ClN3. The molecule has 3 nitrogen and oxygen atoms in total. The summed E-state index contributed by atoms with van der Waals surface area (Å²) >= 11 is 5.76. The molecule has 1 rings (SSSR count). The molecule has 0 fully saturated rings. The number of rotatable bonds is 2. The first-order valence-electron chi connectivity index (χ1n) is 3.58. The third-order valence-electron chi connectivity index (χ3n) is 1.46. The van der Waals surface area contributed by atoms with Crippen LogP contribution in [0.4, 0.5) is 5.69 Å². The van der Waals surface area contributed by atoms with Crippen LogP contribution >= 0.6 is 11.6 Å². The molecule has 0 heterocycles. The van der Waals surface area contributed by atoms with Gasteiger partial charge in [-0.2, -0.15) is 10.5 Å². The topological polar surface area (TPSA) is 59.6 Å².